The summed E-state index contributed by atoms with van der Waals surface area (Å²) < 4.78 is 39.0. The summed E-state index contributed by atoms with van der Waals surface area (Å²) in [6, 6.07) is 8.98. The summed E-state index contributed by atoms with van der Waals surface area (Å²) in [4.78, 5) is 10.2. The normalized spacial score (nSPS) is 16.9. The van der Waals surface area contributed by atoms with Gasteiger partial charge in [0.15, 0.2) is 0 Å². The Kier molecular flexibility index (Phi) is 7.36. The molecule has 0 amide bonds. The van der Waals surface area contributed by atoms with Crippen LogP contribution in [0.3, 0.4) is 0 Å². The Hall–Kier alpha value is -2.82. The van der Waals surface area contributed by atoms with Crippen LogP contribution in [0.15, 0.2) is 36.5 Å². The Labute approximate surface area is 195 Å². The number of rotatable bonds is 8. The Morgan fingerprint density at radius 3 is 2.85 bits per heavy atom. The van der Waals surface area contributed by atoms with Gasteiger partial charge in [0.2, 0.25) is 5.95 Å². The fraction of sp³-hybridized carbons (Fsp3) is 0.409. The lowest BCUT2D eigenvalue weighted by molar-refractivity contribution is -0.0214. The first-order valence-electron chi connectivity index (χ1n) is 10.6. The first-order chi connectivity index (χ1) is 15.9. The second-order valence-electron chi connectivity index (χ2n) is 7.81. The standard InChI is InChI=1S/C22H25ClF2N6O2/c1-14-12-30(6-8-32-14)7-9-33-18-5-3-2-4-15(18)10-16-13-31(21(24)25)29-20(16)17-11-19(23)28-22(26)27-17/h2-5,11,13-14,21H,6-10,12H2,1H3,(H2,26,27,28)/t14-/m1/s1. The largest absolute Gasteiger partial charge is 0.492 e. The Balaban J connectivity index is 1.54. The van der Waals surface area contributed by atoms with E-state index >= 15 is 0 Å². The van der Waals surface area contributed by atoms with Crippen molar-refractivity contribution in [2.75, 3.05) is 38.6 Å². The van der Waals surface area contributed by atoms with Gasteiger partial charge < -0.3 is 15.2 Å². The summed E-state index contributed by atoms with van der Waals surface area (Å²) >= 11 is 5.99. The average molecular weight is 479 g/mol. The summed E-state index contributed by atoms with van der Waals surface area (Å²) in [6.07, 6.45) is 1.83. The maximum absolute atomic E-state index is 13.4. The van der Waals surface area contributed by atoms with Crippen molar-refractivity contribution in [2.24, 2.45) is 0 Å². The van der Waals surface area contributed by atoms with E-state index in [1.165, 1.54) is 12.3 Å². The van der Waals surface area contributed by atoms with Crippen LogP contribution in [-0.2, 0) is 11.2 Å². The molecule has 176 valence electrons. The fourth-order valence-corrected chi connectivity index (χ4v) is 4.00. The van der Waals surface area contributed by atoms with E-state index in [0.717, 1.165) is 25.2 Å². The predicted molar refractivity (Wildman–Crippen MR) is 121 cm³/mol. The van der Waals surface area contributed by atoms with Crippen molar-refractivity contribution in [3.63, 3.8) is 0 Å². The monoisotopic (exact) mass is 478 g/mol. The number of hydrogen-bond acceptors (Lipinski definition) is 7. The molecule has 1 atom stereocenters. The molecule has 2 aromatic heterocycles. The molecule has 3 aromatic rings. The molecule has 0 unspecified atom stereocenters. The van der Waals surface area contributed by atoms with Crippen LogP contribution in [0.5, 0.6) is 5.75 Å². The molecule has 1 aromatic carbocycles. The fourth-order valence-electron chi connectivity index (χ4n) is 3.81. The van der Waals surface area contributed by atoms with Gasteiger partial charge in [-0.1, -0.05) is 29.8 Å². The summed E-state index contributed by atoms with van der Waals surface area (Å²) in [5.74, 6) is 0.631. The van der Waals surface area contributed by atoms with Crippen molar-refractivity contribution >= 4 is 17.5 Å². The minimum absolute atomic E-state index is 0.0591. The number of nitrogens with zero attached hydrogens (tertiary/aromatic N) is 5. The Bertz CT molecular complexity index is 1080. The van der Waals surface area contributed by atoms with Gasteiger partial charge >= 0.3 is 6.55 Å². The third-order valence-electron chi connectivity index (χ3n) is 5.31. The number of ether oxygens (including phenoxy) is 2. The highest BCUT2D eigenvalue weighted by Crippen LogP contribution is 2.29. The molecule has 0 radical (unpaired) electrons. The van der Waals surface area contributed by atoms with Crippen LogP contribution < -0.4 is 10.5 Å². The molecule has 11 heteroatoms. The predicted octanol–water partition coefficient (Wildman–Crippen LogP) is 3.66. The van der Waals surface area contributed by atoms with Gasteiger partial charge in [-0.2, -0.15) is 13.9 Å². The number of alkyl halides is 2. The lowest BCUT2D eigenvalue weighted by Crippen LogP contribution is -2.42. The van der Waals surface area contributed by atoms with Crippen molar-refractivity contribution in [1.82, 2.24) is 24.6 Å². The van der Waals surface area contributed by atoms with E-state index in [-0.39, 0.29) is 28.6 Å². The SMILES string of the molecule is C[C@@H]1CN(CCOc2ccccc2Cc2cn(C(F)F)nc2-c2cc(Cl)nc(N)n2)CCO1. The first kappa shape index (κ1) is 23.3. The number of nitrogens with two attached hydrogens (primary N) is 1. The number of para-hydroxylation sites is 1. The van der Waals surface area contributed by atoms with E-state index in [2.05, 4.69) is 26.9 Å². The third-order valence-corrected chi connectivity index (χ3v) is 5.50. The van der Waals surface area contributed by atoms with Gasteiger partial charge in [0.05, 0.1) is 18.4 Å². The van der Waals surface area contributed by atoms with Gasteiger partial charge in [-0.15, -0.1) is 0 Å². The highest BCUT2D eigenvalue weighted by Gasteiger charge is 2.20. The topological polar surface area (TPSA) is 91.3 Å². The molecule has 8 nitrogen and oxygen atoms in total. The molecular weight excluding hydrogens is 454 g/mol. The first-order valence-corrected chi connectivity index (χ1v) is 11.0. The molecule has 0 spiro atoms. The molecule has 2 N–H and O–H groups in total. The molecular formula is C22H25ClF2N6O2. The maximum Gasteiger partial charge on any atom is 0.333 e. The lowest BCUT2D eigenvalue weighted by Gasteiger charge is -2.30. The van der Waals surface area contributed by atoms with E-state index in [0.29, 0.717) is 35.6 Å². The lowest BCUT2D eigenvalue weighted by atomic mass is 10.0. The van der Waals surface area contributed by atoms with Gasteiger partial charge in [-0.05, 0) is 18.6 Å². The number of aromatic nitrogens is 4. The van der Waals surface area contributed by atoms with Gasteiger partial charge in [0, 0.05) is 43.9 Å². The van der Waals surface area contributed by atoms with Crippen LogP contribution in [0.4, 0.5) is 14.7 Å². The van der Waals surface area contributed by atoms with Crippen LogP contribution >= 0.6 is 11.6 Å². The maximum atomic E-state index is 13.4. The second kappa shape index (κ2) is 10.4. The molecule has 1 aliphatic heterocycles. The van der Waals surface area contributed by atoms with E-state index in [1.54, 1.807) is 0 Å². The Morgan fingerprint density at radius 2 is 2.09 bits per heavy atom. The molecule has 0 bridgehead atoms. The van der Waals surface area contributed by atoms with E-state index in [1.807, 2.05) is 24.3 Å². The van der Waals surface area contributed by atoms with Gasteiger partial charge in [-0.25, -0.2) is 14.6 Å². The molecule has 3 heterocycles. The highest BCUT2D eigenvalue weighted by atomic mass is 35.5. The zero-order valence-electron chi connectivity index (χ0n) is 18.1. The highest BCUT2D eigenvalue weighted by molar-refractivity contribution is 6.29. The Morgan fingerprint density at radius 1 is 1.27 bits per heavy atom. The zero-order valence-corrected chi connectivity index (χ0v) is 18.9. The molecule has 1 fully saturated rings. The minimum Gasteiger partial charge on any atom is -0.492 e. The third kappa shape index (κ3) is 5.95. The van der Waals surface area contributed by atoms with Crippen LogP contribution in [0.25, 0.3) is 11.4 Å². The quantitative estimate of drug-likeness (QED) is 0.494. The molecule has 0 aliphatic carbocycles. The van der Waals surface area contributed by atoms with Crippen LogP contribution in [0, 0.1) is 0 Å². The van der Waals surface area contributed by atoms with Gasteiger partial charge in [-0.3, -0.25) is 4.90 Å². The molecule has 33 heavy (non-hydrogen) atoms. The minimum atomic E-state index is -2.80. The van der Waals surface area contributed by atoms with E-state index < -0.39 is 6.55 Å². The second-order valence-corrected chi connectivity index (χ2v) is 8.20. The number of morpholine rings is 1. The summed E-state index contributed by atoms with van der Waals surface area (Å²) in [7, 11) is 0. The summed E-state index contributed by atoms with van der Waals surface area (Å²) in [5.41, 5.74) is 7.63. The molecule has 1 saturated heterocycles. The molecule has 1 aliphatic rings. The van der Waals surface area contributed by atoms with E-state index in [9.17, 15) is 8.78 Å². The van der Waals surface area contributed by atoms with Crippen molar-refractivity contribution in [3.05, 3.63) is 52.8 Å². The van der Waals surface area contributed by atoms with Crippen molar-refractivity contribution in [1.29, 1.82) is 0 Å². The van der Waals surface area contributed by atoms with Gasteiger partial charge in [0.1, 0.15) is 23.2 Å². The van der Waals surface area contributed by atoms with Gasteiger partial charge in [0.25, 0.3) is 0 Å². The van der Waals surface area contributed by atoms with Crippen LogP contribution in [0.1, 0.15) is 24.6 Å². The number of benzene rings is 1. The number of hydrogen-bond donors (Lipinski definition) is 1. The van der Waals surface area contributed by atoms with Crippen LogP contribution in [0.2, 0.25) is 5.15 Å². The number of anilines is 1. The zero-order chi connectivity index (χ0) is 23.4. The smallest absolute Gasteiger partial charge is 0.333 e. The van der Waals surface area contributed by atoms with Crippen LogP contribution in [-0.4, -0.2) is 63.6 Å². The van der Waals surface area contributed by atoms with Crippen molar-refractivity contribution in [3.8, 4) is 17.1 Å². The van der Waals surface area contributed by atoms with Crippen molar-refractivity contribution in [2.45, 2.75) is 26.0 Å². The molecule has 4 rings (SSSR count). The molecule has 0 saturated carbocycles. The van der Waals surface area contributed by atoms with Crippen molar-refractivity contribution < 1.29 is 18.3 Å². The van der Waals surface area contributed by atoms with E-state index in [4.69, 9.17) is 26.8 Å². The summed E-state index contributed by atoms with van der Waals surface area (Å²) in [5, 5.41) is 4.13. The summed E-state index contributed by atoms with van der Waals surface area (Å²) in [6.45, 7) is 2.99. The number of nitrogen functional groups attached to an aromatic ring is 1. The average Bonchev–Trinajstić information content (AvgIpc) is 3.19. The number of halogens is 3.